The number of rotatable bonds is 8. The smallest absolute Gasteiger partial charge is 0.408 e. The molecular weight excluding hydrogens is 343 g/mol. The number of hydrogen-bond acceptors (Lipinski definition) is 5. The molecule has 0 aliphatic heterocycles. The van der Waals surface area contributed by atoms with Gasteiger partial charge in [-0.05, 0) is 30.7 Å². The molecule has 0 amide bonds. The molecule has 1 aromatic heterocycles. The van der Waals surface area contributed by atoms with Crippen LogP contribution in [0.1, 0.15) is 19.3 Å². The van der Waals surface area contributed by atoms with Gasteiger partial charge in [0.2, 0.25) is 0 Å². The number of alkyl halides is 3. The van der Waals surface area contributed by atoms with Crippen LogP contribution < -0.4 is 11.1 Å². The van der Waals surface area contributed by atoms with Crippen LogP contribution in [0.4, 0.5) is 19.0 Å². The van der Waals surface area contributed by atoms with Crippen LogP contribution in [0, 0.1) is 5.41 Å². The molecule has 10 heteroatoms. The van der Waals surface area contributed by atoms with Gasteiger partial charge in [-0.3, -0.25) is 5.41 Å². The number of halogens is 3. The maximum Gasteiger partial charge on any atom is 0.408 e. The first-order valence-corrected chi connectivity index (χ1v) is 8.13. The number of thioether (sulfide) groups is 1. The molecule has 6 nitrogen and oxygen atoms in total. The zero-order valence-electron chi connectivity index (χ0n) is 13.2. The van der Waals surface area contributed by atoms with Crippen LogP contribution in [0.25, 0.3) is 0 Å². The van der Waals surface area contributed by atoms with E-state index < -0.39 is 12.7 Å². The molecule has 0 bridgehead atoms. The van der Waals surface area contributed by atoms with E-state index in [0.717, 1.165) is 23.6 Å². The number of methoxy groups -OCH3 is 1. The third kappa shape index (κ3) is 9.23. The lowest BCUT2D eigenvalue weighted by Gasteiger charge is -2.08. The van der Waals surface area contributed by atoms with Crippen molar-refractivity contribution in [3.05, 3.63) is 18.2 Å². The van der Waals surface area contributed by atoms with Gasteiger partial charge in [-0.2, -0.15) is 13.2 Å². The predicted molar refractivity (Wildman–Crippen MR) is 89.7 cm³/mol. The summed E-state index contributed by atoms with van der Waals surface area (Å²) >= 11 is 1.52. The SMILES string of the molecule is COC(=N)CCCCSc1cccc(NC(N)=NCC(F)(F)F)n1. The molecule has 4 N–H and O–H groups in total. The summed E-state index contributed by atoms with van der Waals surface area (Å²) in [7, 11) is 1.48. The summed E-state index contributed by atoms with van der Waals surface area (Å²) in [5, 5.41) is 10.6. The Balaban J connectivity index is 2.42. The van der Waals surface area contributed by atoms with Crippen molar-refractivity contribution in [2.24, 2.45) is 10.7 Å². The number of nitrogens with zero attached hydrogens (tertiary/aromatic N) is 2. The average Bonchev–Trinajstić information content (AvgIpc) is 2.52. The second-order valence-electron chi connectivity index (χ2n) is 4.74. The lowest BCUT2D eigenvalue weighted by molar-refractivity contribution is -0.118. The Hall–Kier alpha value is -1.97. The minimum absolute atomic E-state index is 0.262. The number of nitrogens with two attached hydrogens (primary N) is 1. The van der Waals surface area contributed by atoms with E-state index in [-0.39, 0.29) is 11.9 Å². The molecule has 0 aliphatic carbocycles. The van der Waals surface area contributed by atoms with Crippen molar-refractivity contribution in [3.63, 3.8) is 0 Å². The van der Waals surface area contributed by atoms with E-state index in [9.17, 15) is 13.2 Å². The maximum absolute atomic E-state index is 12.1. The standard InChI is InChI=1S/C14H20F3N5OS/c1-23-10(18)5-2-3-8-24-12-7-4-6-11(21-12)22-13(19)20-9-14(15,16)17/h4,6-7,18H,2-3,5,8-9H2,1H3,(H3,19,20,21,22). The molecule has 0 aliphatic rings. The van der Waals surface area contributed by atoms with Gasteiger partial charge < -0.3 is 15.8 Å². The normalized spacial score (nSPS) is 12.1. The summed E-state index contributed by atoms with van der Waals surface area (Å²) in [6.45, 7) is -1.34. The number of nitrogens with one attached hydrogen (secondary N) is 2. The number of aromatic nitrogens is 1. The van der Waals surface area contributed by atoms with Crippen LogP contribution in [0.3, 0.4) is 0 Å². The second kappa shape index (κ2) is 10.0. The lowest BCUT2D eigenvalue weighted by atomic mass is 10.2. The highest BCUT2D eigenvalue weighted by Crippen LogP contribution is 2.19. The first-order valence-electron chi connectivity index (χ1n) is 7.15. The van der Waals surface area contributed by atoms with E-state index in [0.29, 0.717) is 12.2 Å². The van der Waals surface area contributed by atoms with E-state index in [1.54, 1.807) is 18.2 Å². The van der Waals surface area contributed by atoms with Crippen molar-refractivity contribution in [1.82, 2.24) is 4.98 Å². The zero-order chi connectivity index (χ0) is 18.0. The van der Waals surface area contributed by atoms with Gasteiger partial charge in [0.25, 0.3) is 0 Å². The van der Waals surface area contributed by atoms with Crippen molar-refractivity contribution in [3.8, 4) is 0 Å². The first-order chi connectivity index (χ1) is 11.3. The van der Waals surface area contributed by atoms with Crippen LogP contribution in [-0.4, -0.2) is 42.4 Å². The highest BCUT2D eigenvalue weighted by atomic mass is 32.2. The Morgan fingerprint density at radius 3 is 2.83 bits per heavy atom. The third-order valence-corrected chi connectivity index (χ3v) is 3.72. The molecular formula is C14H20F3N5OS. The van der Waals surface area contributed by atoms with Crippen molar-refractivity contribution in [1.29, 1.82) is 5.41 Å². The Morgan fingerprint density at radius 2 is 2.17 bits per heavy atom. The second-order valence-corrected chi connectivity index (χ2v) is 5.85. The topological polar surface area (TPSA) is 96.4 Å². The number of hydrogen-bond donors (Lipinski definition) is 3. The van der Waals surface area contributed by atoms with Crippen molar-refractivity contribution in [2.75, 3.05) is 24.7 Å². The number of ether oxygens (including phenoxy) is 1. The predicted octanol–water partition coefficient (Wildman–Crippen LogP) is 3.26. The van der Waals surface area contributed by atoms with Gasteiger partial charge in [0.05, 0.1) is 12.1 Å². The summed E-state index contributed by atoms with van der Waals surface area (Å²) < 4.78 is 41.0. The van der Waals surface area contributed by atoms with Crippen LogP contribution in [-0.2, 0) is 4.74 Å². The number of anilines is 1. The molecule has 24 heavy (non-hydrogen) atoms. The third-order valence-electron chi connectivity index (χ3n) is 2.70. The summed E-state index contributed by atoms with van der Waals surface area (Å²) in [4.78, 5) is 7.46. The molecule has 0 saturated heterocycles. The molecule has 0 spiro atoms. The van der Waals surface area contributed by atoms with Gasteiger partial charge in [0, 0.05) is 6.42 Å². The van der Waals surface area contributed by atoms with Crippen molar-refractivity contribution in [2.45, 2.75) is 30.5 Å². The zero-order valence-corrected chi connectivity index (χ0v) is 14.0. The molecule has 0 atom stereocenters. The fourth-order valence-electron chi connectivity index (χ4n) is 1.58. The number of aliphatic imine (C=N–C) groups is 1. The van der Waals surface area contributed by atoms with E-state index in [2.05, 4.69) is 15.3 Å². The molecule has 0 radical (unpaired) electrons. The van der Waals surface area contributed by atoms with Crippen LogP contribution in [0.5, 0.6) is 0 Å². The molecule has 1 rings (SSSR count). The number of guanidine groups is 1. The van der Waals surface area contributed by atoms with Crippen molar-refractivity contribution >= 4 is 29.4 Å². The van der Waals surface area contributed by atoms with Gasteiger partial charge in [-0.15, -0.1) is 11.8 Å². The van der Waals surface area contributed by atoms with Crippen LogP contribution in [0.15, 0.2) is 28.2 Å². The lowest BCUT2D eigenvalue weighted by Crippen LogP contribution is -2.26. The van der Waals surface area contributed by atoms with E-state index in [1.807, 2.05) is 0 Å². The molecule has 0 unspecified atom stereocenters. The van der Waals surface area contributed by atoms with E-state index >= 15 is 0 Å². The van der Waals surface area contributed by atoms with Gasteiger partial charge in [0.1, 0.15) is 12.4 Å². The fraction of sp³-hybridized carbons (Fsp3) is 0.500. The average molecular weight is 363 g/mol. The van der Waals surface area contributed by atoms with Gasteiger partial charge >= 0.3 is 6.18 Å². The van der Waals surface area contributed by atoms with E-state index in [4.69, 9.17) is 15.9 Å². The maximum atomic E-state index is 12.1. The molecule has 0 aromatic carbocycles. The Labute approximate surface area is 142 Å². The summed E-state index contributed by atoms with van der Waals surface area (Å²) in [5.41, 5.74) is 5.40. The Kier molecular flexibility index (Phi) is 8.37. The number of unbranched alkanes of at least 4 members (excludes halogenated alkanes) is 1. The van der Waals surface area contributed by atoms with E-state index in [1.165, 1.54) is 18.9 Å². The molecule has 1 heterocycles. The minimum Gasteiger partial charge on any atom is -0.484 e. The summed E-state index contributed by atoms with van der Waals surface area (Å²) in [5.74, 6) is 1.08. The quantitative estimate of drug-likeness (QED) is 0.285. The fourth-order valence-corrected chi connectivity index (χ4v) is 2.47. The largest absolute Gasteiger partial charge is 0.484 e. The number of pyridine rings is 1. The van der Waals surface area contributed by atoms with Gasteiger partial charge in [0.15, 0.2) is 11.9 Å². The molecule has 0 saturated carbocycles. The van der Waals surface area contributed by atoms with Crippen LogP contribution in [0.2, 0.25) is 0 Å². The Morgan fingerprint density at radius 1 is 1.42 bits per heavy atom. The van der Waals surface area contributed by atoms with Crippen molar-refractivity contribution < 1.29 is 17.9 Å². The summed E-state index contributed by atoms with van der Waals surface area (Å²) in [6.07, 6.45) is -2.06. The highest BCUT2D eigenvalue weighted by molar-refractivity contribution is 7.99. The molecule has 1 aromatic rings. The highest BCUT2D eigenvalue weighted by Gasteiger charge is 2.26. The minimum atomic E-state index is -4.39. The van der Waals surface area contributed by atoms with Crippen LogP contribution >= 0.6 is 11.8 Å². The molecule has 134 valence electrons. The van der Waals surface area contributed by atoms with Gasteiger partial charge in [-0.25, -0.2) is 9.98 Å². The van der Waals surface area contributed by atoms with Gasteiger partial charge in [-0.1, -0.05) is 6.07 Å². The molecule has 0 fully saturated rings. The Bertz CT molecular complexity index is 566. The monoisotopic (exact) mass is 363 g/mol. The summed E-state index contributed by atoms with van der Waals surface area (Å²) in [6, 6.07) is 5.13. The first kappa shape index (κ1) is 20.1.